The number of anilines is 4. The molecule has 3 aromatic rings. The van der Waals surface area contributed by atoms with Gasteiger partial charge in [0, 0.05) is 11.4 Å². The Labute approximate surface area is 159 Å². The van der Waals surface area contributed by atoms with Gasteiger partial charge in [-0.2, -0.15) is 10.1 Å². The maximum atomic E-state index is 11.6. The van der Waals surface area contributed by atoms with Crippen molar-refractivity contribution in [3.05, 3.63) is 64.3 Å². The maximum Gasteiger partial charge on any atom is 0.337 e. The Kier molecular flexibility index (Phi) is 5.50. The lowest BCUT2D eigenvalue weighted by atomic mass is 10.2. The molecule has 2 N–H and O–H groups in total. The van der Waals surface area contributed by atoms with Crippen LogP contribution in [-0.2, 0) is 4.74 Å². The van der Waals surface area contributed by atoms with Crippen LogP contribution in [0.4, 0.5) is 23.1 Å². The Morgan fingerprint density at radius 1 is 1.04 bits per heavy atom. The lowest BCUT2D eigenvalue weighted by molar-refractivity contribution is 0.0601. The van der Waals surface area contributed by atoms with Crippen molar-refractivity contribution >= 4 is 52.3 Å². The van der Waals surface area contributed by atoms with E-state index in [-0.39, 0.29) is 5.95 Å². The molecular formula is C17H13Cl2N5O2. The summed E-state index contributed by atoms with van der Waals surface area (Å²) in [6.07, 6.45) is 1.47. The predicted octanol–water partition coefficient (Wildman–Crippen LogP) is 4.45. The minimum Gasteiger partial charge on any atom is -0.465 e. The molecule has 7 nitrogen and oxygen atoms in total. The van der Waals surface area contributed by atoms with Crippen molar-refractivity contribution in [1.29, 1.82) is 0 Å². The fourth-order valence-corrected chi connectivity index (χ4v) is 2.41. The number of nitrogens with zero attached hydrogens (tertiary/aromatic N) is 3. The Hall–Kier alpha value is -2.90. The highest BCUT2D eigenvalue weighted by atomic mass is 35.5. The van der Waals surface area contributed by atoms with Crippen LogP contribution in [0.2, 0.25) is 10.0 Å². The molecule has 132 valence electrons. The monoisotopic (exact) mass is 389 g/mol. The van der Waals surface area contributed by atoms with Gasteiger partial charge in [0.1, 0.15) is 0 Å². The van der Waals surface area contributed by atoms with Crippen LogP contribution in [0.3, 0.4) is 0 Å². The van der Waals surface area contributed by atoms with Gasteiger partial charge < -0.3 is 15.4 Å². The molecule has 0 bridgehead atoms. The predicted molar refractivity (Wildman–Crippen MR) is 101 cm³/mol. The first kappa shape index (κ1) is 17.9. The number of carbonyl (C=O) groups is 1. The SMILES string of the molecule is COC(=O)c1cccc(Nc2nncc(Nc3ccc(Cl)c(Cl)c3)n2)c1. The largest absolute Gasteiger partial charge is 0.465 e. The first-order valence-electron chi connectivity index (χ1n) is 7.42. The zero-order valence-corrected chi connectivity index (χ0v) is 15.0. The molecule has 3 rings (SSSR count). The third kappa shape index (κ3) is 4.38. The molecule has 1 heterocycles. The zero-order valence-electron chi connectivity index (χ0n) is 13.5. The highest BCUT2D eigenvalue weighted by Crippen LogP contribution is 2.26. The molecule has 0 fully saturated rings. The van der Waals surface area contributed by atoms with E-state index in [0.29, 0.717) is 32.8 Å². The van der Waals surface area contributed by atoms with Crippen molar-refractivity contribution in [2.45, 2.75) is 0 Å². The van der Waals surface area contributed by atoms with Crippen molar-refractivity contribution in [3.63, 3.8) is 0 Å². The molecule has 2 aromatic carbocycles. The van der Waals surface area contributed by atoms with Crippen molar-refractivity contribution in [1.82, 2.24) is 15.2 Å². The van der Waals surface area contributed by atoms with Gasteiger partial charge in [-0.3, -0.25) is 0 Å². The third-order valence-electron chi connectivity index (χ3n) is 3.29. The van der Waals surface area contributed by atoms with Gasteiger partial charge in [0.25, 0.3) is 0 Å². The molecule has 0 radical (unpaired) electrons. The van der Waals surface area contributed by atoms with Crippen LogP contribution in [0.25, 0.3) is 0 Å². The number of carbonyl (C=O) groups excluding carboxylic acids is 1. The maximum absolute atomic E-state index is 11.6. The Balaban J connectivity index is 1.77. The average Bonchev–Trinajstić information content (AvgIpc) is 2.64. The van der Waals surface area contributed by atoms with Crippen molar-refractivity contribution < 1.29 is 9.53 Å². The first-order valence-corrected chi connectivity index (χ1v) is 8.18. The van der Waals surface area contributed by atoms with E-state index < -0.39 is 5.97 Å². The second-order valence-electron chi connectivity index (χ2n) is 5.12. The van der Waals surface area contributed by atoms with Crippen LogP contribution in [-0.4, -0.2) is 28.3 Å². The van der Waals surface area contributed by atoms with Crippen molar-refractivity contribution in [2.75, 3.05) is 17.7 Å². The van der Waals surface area contributed by atoms with E-state index in [9.17, 15) is 4.79 Å². The Morgan fingerprint density at radius 2 is 1.85 bits per heavy atom. The molecule has 0 amide bonds. The molecule has 0 aliphatic rings. The van der Waals surface area contributed by atoms with E-state index in [1.807, 2.05) is 0 Å². The topological polar surface area (TPSA) is 89.0 Å². The van der Waals surface area contributed by atoms with E-state index >= 15 is 0 Å². The van der Waals surface area contributed by atoms with Gasteiger partial charge in [-0.05, 0) is 36.4 Å². The number of nitrogens with one attached hydrogen (secondary N) is 2. The van der Waals surface area contributed by atoms with Crippen molar-refractivity contribution in [3.8, 4) is 0 Å². The second kappa shape index (κ2) is 7.99. The molecule has 0 saturated heterocycles. The first-order chi connectivity index (χ1) is 12.5. The van der Waals surface area contributed by atoms with E-state index in [1.165, 1.54) is 13.3 Å². The summed E-state index contributed by atoms with van der Waals surface area (Å²) in [6.45, 7) is 0. The molecule has 0 unspecified atom stereocenters. The van der Waals surface area contributed by atoms with Gasteiger partial charge in [-0.25, -0.2) is 4.79 Å². The van der Waals surface area contributed by atoms with Crippen LogP contribution in [0.1, 0.15) is 10.4 Å². The van der Waals surface area contributed by atoms with Crippen LogP contribution in [0.15, 0.2) is 48.7 Å². The van der Waals surface area contributed by atoms with Gasteiger partial charge in [0.15, 0.2) is 5.82 Å². The normalized spacial score (nSPS) is 10.3. The smallest absolute Gasteiger partial charge is 0.337 e. The number of hydrogen-bond acceptors (Lipinski definition) is 7. The van der Waals surface area contributed by atoms with E-state index in [1.54, 1.807) is 42.5 Å². The van der Waals surface area contributed by atoms with Crippen LogP contribution < -0.4 is 10.6 Å². The summed E-state index contributed by atoms with van der Waals surface area (Å²) in [5.41, 5.74) is 1.75. The molecule has 9 heteroatoms. The number of aromatic nitrogens is 3. The molecular weight excluding hydrogens is 377 g/mol. The number of benzene rings is 2. The van der Waals surface area contributed by atoms with E-state index in [2.05, 4.69) is 25.8 Å². The lowest BCUT2D eigenvalue weighted by Crippen LogP contribution is -2.04. The van der Waals surface area contributed by atoms with Crippen molar-refractivity contribution in [2.24, 2.45) is 0 Å². The number of methoxy groups -OCH3 is 1. The summed E-state index contributed by atoms with van der Waals surface area (Å²) in [4.78, 5) is 15.9. The molecule has 0 saturated carbocycles. The van der Waals surface area contributed by atoms with Gasteiger partial charge in [-0.15, -0.1) is 5.10 Å². The number of hydrogen-bond donors (Lipinski definition) is 2. The summed E-state index contributed by atoms with van der Waals surface area (Å²) >= 11 is 11.9. The van der Waals surface area contributed by atoms with E-state index in [0.717, 1.165) is 0 Å². The molecule has 1 aromatic heterocycles. The van der Waals surface area contributed by atoms with Gasteiger partial charge >= 0.3 is 5.97 Å². The minimum absolute atomic E-state index is 0.261. The minimum atomic E-state index is -0.428. The molecule has 0 aliphatic carbocycles. The summed E-state index contributed by atoms with van der Waals surface area (Å²) in [5.74, 6) is 0.296. The summed E-state index contributed by atoms with van der Waals surface area (Å²) in [5, 5.41) is 14.8. The highest BCUT2D eigenvalue weighted by molar-refractivity contribution is 6.42. The Morgan fingerprint density at radius 3 is 2.62 bits per heavy atom. The molecule has 0 atom stereocenters. The molecule has 26 heavy (non-hydrogen) atoms. The van der Waals surface area contributed by atoms with Crippen LogP contribution in [0, 0.1) is 0 Å². The average molecular weight is 390 g/mol. The lowest BCUT2D eigenvalue weighted by Gasteiger charge is -2.09. The second-order valence-corrected chi connectivity index (χ2v) is 5.93. The number of esters is 1. The summed E-state index contributed by atoms with van der Waals surface area (Å²) < 4.78 is 4.70. The fourth-order valence-electron chi connectivity index (χ4n) is 2.11. The van der Waals surface area contributed by atoms with Gasteiger partial charge in [-0.1, -0.05) is 29.3 Å². The molecule has 0 aliphatic heterocycles. The fraction of sp³-hybridized carbons (Fsp3) is 0.0588. The molecule has 0 spiro atoms. The third-order valence-corrected chi connectivity index (χ3v) is 4.03. The van der Waals surface area contributed by atoms with Crippen LogP contribution in [0.5, 0.6) is 0 Å². The quantitative estimate of drug-likeness (QED) is 0.622. The van der Waals surface area contributed by atoms with Gasteiger partial charge in [0.2, 0.25) is 5.95 Å². The zero-order chi connectivity index (χ0) is 18.5. The Bertz CT molecular complexity index is 952. The summed E-state index contributed by atoms with van der Waals surface area (Å²) in [7, 11) is 1.33. The number of ether oxygens (including phenoxy) is 1. The van der Waals surface area contributed by atoms with Crippen LogP contribution >= 0.6 is 23.2 Å². The summed E-state index contributed by atoms with van der Waals surface area (Å²) in [6, 6.07) is 11.9. The van der Waals surface area contributed by atoms with Gasteiger partial charge in [0.05, 0.1) is 28.9 Å². The number of rotatable bonds is 5. The standard InChI is InChI=1S/C17H13Cl2N5O2/c1-26-16(25)10-3-2-4-11(7-10)22-17-23-15(9-20-24-17)21-12-5-6-13(18)14(19)8-12/h2-9H,1H3,(H2,21,22,23,24). The van der Waals surface area contributed by atoms with E-state index in [4.69, 9.17) is 27.9 Å². The highest BCUT2D eigenvalue weighted by Gasteiger charge is 2.08. The number of halogens is 2.